The molecule has 0 aliphatic carbocycles. The summed E-state index contributed by atoms with van der Waals surface area (Å²) in [4.78, 5) is 2.54. The van der Waals surface area contributed by atoms with Gasteiger partial charge in [-0.15, -0.1) is 0 Å². The maximum absolute atomic E-state index is 3.41. The Morgan fingerprint density at radius 1 is 0.704 bits per heavy atom. The zero-order valence-electron chi connectivity index (χ0n) is 15.4. The average molecular weight is 352 g/mol. The summed E-state index contributed by atoms with van der Waals surface area (Å²) in [6.07, 6.45) is 0. The van der Waals surface area contributed by atoms with Crippen molar-refractivity contribution in [2.75, 3.05) is 24.5 Å². The van der Waals surface area contributed by atoms with E-state index in [1.807, 2.05) is 0 Å². The van der Waals surface area contributed by atoms with E-state index < -0.39 is 0 Å². The van der Waals surface area contributed by atoms with Gasteiger partial charge >= 0.3 is 0 Å². The molecule has 4 aromatic carbocycles. The Balaban J connectivity index is 1.48. The van der Waals surface area contributed by atoms with E-state index in [4.69, 9.17) is 0 Å². The highest BCUT2D eigenvalue weighted by Gasteiger charge is 2.21. The molecule has 0 unspecified atom stereocenters. The number of hydrogen-bond donors (Lipinski definition) is 1. The van der Waals surface area contributed by atoms with Crippen molar-refractivity contribution < 1.29 is 0 Å². The summed E-state index contributed by atoms with van der Waals surface area (Å²) < 4.78 is 0. The van der Waals surface area contributed by atoms with Gasteiger partial charge in [0.25, 0.3) is 0 Å². The molecule has 0 radical (unpaired) electrons. The third kappa shape index (κ3) is 3.41. The molecule has 0 saturated carbocycles. The van der Waals surface area contributed by atoms with Crippen molar-refractivity contribution in [3.8, 4) is 0 Å². The highest BCUT2D eigenvalue weighted by Crippen LogP contribution is 2.26. The lowest BCUT2D eigenvalue weighted by atomic mass is 10.0. The van der Waals surface area contributed by atoms with Gasteiger partial charge in [0.15, 0.2) is 0 Å². The molecule has 2 nitrogen and oxygen atoms in total. The summed E-state index contributed by atoms with van der Waals surface area (Å²) >= 11 is 0. The van der Waals surface area contributed by atoms with Crippen LogP contribution in [-0.2, 0) is 6.54 Å². The summed E-state index contributed by atoms with van der Waals surface area (Å²) in [5.41, 5.74) is 2.68. The quantitative estimate of drug-likeness (QED) is 0.530. The molecule has 1 N–H and O–H groups in total. The van der Waals surface area contributed by atoms with E-state index in [1.165, 1.54) is 32.8 Å². The van der Waals surface area contributed by atoms with Crippen molar-refractivity contribution in [2.45, 2.75) is 6.54 Å². The smallest absolute Gasteiger partial charge is 0.0429 e. The summed E-state index contributed by atoms with van der Waals surface area (Å²) in [6.45, 7) is 4.29. The van der Waals surface area contributed by atoms with E-state index in [-0.39, 0.29) is 0 Å². The molecule has 1 heterocycles. The first-order chi connectivity index (χ1) is 13.3. The van der Waals surface area contributed by atoms with Gasteiger partial charge in [0, 0.05) is 37.8 Å². The molecule has 2 heteroatoms. The van der Waals surface area contributed by atoms with Gasteiger partial charge in [-0.25, -0.2) is 0 Å². The van der Waals surface area contributed by atoms with E-state index in [0.29, 0.717) is 0 Å². The number of anilines is 1. The average Bonchev–Trinajstić information content (AvgIpc) is 2.69. The zero-order valence-corrected chi connectivity index (χ0v) is 15.4. The Morgan fingerprint density at radius 3 is 2.00 bits per heavy atom. The van der Waals surface area contributed by atoms with Crippen molar-refractivity contribution in [2.24, 2.45) is 5.92 Å². The van der Waals surface area contributed by atoms with Crippen molar-refractivity contribution >= 4 is 27.2 Å². The van der Waals surface area contributed by atoms with Crippen LogP contribution in [0.2, 0.25) is 0 Å². The molecule has 1 aliphatic heterocycles. The van der Waals surface area contributed by atoms with Crippen LogP contribution in [0.25, 0.3) is 21.5 Å². The lowest BCUT2D eigenvalue weighted by Gasteiger charge is -2.35. The van der Waals surface area contributed by atoms with Crippen LogP contribution >= 0.6 is 0 Å². The molecule has 0 bridgehead atoms. The highest BCUT2D eigenvalue weighted by atomic mass is 15.1. The van der Waals surface area contributed by atoms with Gasteiger partial charge in [-0.05, 0) is 45.3 Å². The predicted molar refractivity (Wildman–Crippen MR) is 115 cm³/mol. The van der Waals surface area contributed by atoms with Crippen LogP contribution in [0.4, 0.5) is 5.69 Å². The monoisotopic (exact) mass is 352 g/mol. The first kappa shape index (κ1) is 16.3. The Labute approximate surface area is 160 Å². The minimum atomic E-state index is 0.733. The molecular formula is C25H24N2. The van der Waals surface area contributed by atoms with Crippen LogP contribution in [0.1, 0.15) is 5.56 Å². The second-order valence-corrected chi connectivity index (χ2v) is 7.62. The second kappa shape index (κ2) is 7.05. The summed E-state index contributed by atoms with van der Waals surface area (Å²) in [7, 11) is 0. The van der Waals surface area contributed by atoms with Crippen LogP contribution in [0.3, 0.4) is 0 Å². The van der Waals surface area contributed by atoms with Crippen LogP contribution in [0, 0.1) is 5.92 Å². The van der Waals surface area contributed by atoms with Crippen molar-refractivity contribution in [3.63, 3.8) is 0 Å². The van der Waals surface area contributed by atoms with Gasteiger partial charge in [0.1, 0.15) is 0 Å². The van der Waals surface area contributed by atoms with Crippen LogP contribution in [0.15, 0.2) is 84.9 Å². The molecule has 4 aromatic rings. The second-order valence-electron chi connectivity index (χ2n) is 7.62. The Hall–Kier alpha value is -2.84. The normalized spacial score (nSPS) is 14.4. The molecule has 1 aliphatic rings. The number of nitrogens with zero attached hydrogens (tertiary/aromatic N) is 1. The van der Waals surface area contributed by atoms with Crippen molar-refractivity contribution in [3.05, 3.63) is 90.5 Å². The van der Waals surface area contributed by atoms with E-state index >= 15 is 0 Å². The molecule has 0 spiro atoms. The van der Waals surface area contributed by atoms with Gasteiger partial charge in [0.05, 0.1) is 0 Å². The van der Waals surface area contributed by atoms with Crippen LogP contribution < -0.4 is 10.2 Å². The molecule has 0 aromatic heterocycles. The first-order valence-corrected chi connectivity index (χ1v) is 9.77. The molecule has 27 heavy (non-hydrogen) atoms. The highest BCUT2D eigenvalue weighted by molar-refractivity contribution is 5.86. The topological polar surface area (TPSA) is 15.3 Å². The molecule has 1 fully saturated rings. The summed E-state index contributed by atoms with van der Waals surface area (Å²) in [5.74, 6) is 0.733. The van der Waals surface area contributed by atoms with Crippen molar-refractivity contribution in [1.29, 1.82) is 0 Å². The number of nitrogens with one attached hydrogen (secondary N) is 1. The Morgan fingerprint density at radius 2 is 1.33 bits per heavy atom. The molecule has 0 atom stereocenters. The molecular weight excluding hydrogens is 328 g/mol. The maximum atomic E-state index is 3.41. The van der Waals surface area contributed by atoms with Gasteiger partial charge in [-0.1, -0.05) is 66.7 Å². The number of benzene rings is 4. The molecule has 5 rings (SSSR count). The zero-order chi connectivity index (χ0) is 18.1. The third-order valence-electron chi connectivity index (χ3n) is 5.63. The maximum Gasteiger partial charge on any atom is 0.0429 e. The summed E-state index contributed by atoms with van der Waals surface area (Å²) in [5, 5.41) is 8.65. The van der Waals surface area contributed by atoms with Gasteiger partial charge in [-0.2, -0.15) is 0 Å². The fourth-order valence-corrected chi connectivity index (χ4v) is 3.98. The van der Waals surface area contributed by atoms with Crippen LogP contribution in [0.5, 0.6) is 0 Å². The molecule has 0 amide bonds. The Bertz CT molecular complexity index is 1080. The molecule has 134 valence electrons. The van der Waals surface area contributed by atoms with E-state index in [0.717, 1.165) is 32.1 Å². The minimum Gasteiger partial charge on any atom is -0.367 e. The number of rotatable bonds is 5. The number of fused-ring (bicyclic) bond motifs is 2. The lowest BCUT2D eigenvalue weighted by Crippen LogP contribution is -2.48. The Kier molecular flexibility index (Phi) is 4.27. The fraction of sp³-hybridized carbons (Fsp3) is 0.200. The van der Waals surface area contributed by atoms with E-state index in [9.17, 15) is 0 Å². The van der Waals surface area contributed by atoms with Gasteiger partial charge in [-0.3, -0.25) is 0 Å². The standard InChI is InChI=1S/C25H24N2/c1-3-7-23-13-19(9-10-21(23)5-1)17-27(18-20-15-26-16-20)25-12-11-22-6-2-4-8-24(22)14-25/h1-14,20,26H,15-18H2. The lowest BCUT2D eigenvalue weighted by molar-refractivity contribution is 0.348. The fourth-order valence-electron chi connectivity index (χ4n) is 3.98. The van der Waals surface area contributed by atoms with Gasteiger partial charge in [0.2, 0.25) is 0 Å². The minimum absolute atomic E-state index is 0.733. The third-order valence-corrected chi connectivity index (χ3v) is 5.63. The number of hydrogen-bond acceptors (Lipinski definition) is 2. The van der Waals surface area contributed by atoms with E-state index in [2.05, 4.69) is 95.1 Å². The largest absolute Gasteiger partial charge is 0.367 e. The SMILES string of the molecule is c1ccc2cc(CN(CC3CNC3)c3ccc4ccccc4c3)ccc2c1. The van der Waals surface area contributed by atoms with Crippen molar-refractivity contribution in [1.82, 2.24) is 5.32 Å². The van der Waals surface area contributed by atoms with Crippen LogP contribution in [-0.4, -0.2) is 19.6 Å². The molecule has 1 saturated heterocycles. The van der Waals surface area contributed by atoms with Gasteiger partial charge < -0.3 is 10.2 Å². The first-order valence-electron chi connectivity index (χ1n) is 9.77. The predicted octanol–water partition coefficient (Wildman–Crippen LogP) is 5.22. The van der Waals surface area contributed by atoms with E-state index in [1.54, 1.807) is 0 Å². The summed E-state index contributed by atoms with van der Waals surface area (Å²) in [6, 6.07) is 30.9.